The number of tetrazole rings is 1. The molecule has 1 aliphatic rings. The molecular weight excluding hydrogens is 388 g/mol. The Morgan fingerprint density at radius 1 is 1.10 bits per heavy atom. The summed E-state index contributed by atoms with van der Waals surface area (Å²) < 4.78 is 1.60. The highest BCUT2D eigenvalue weighted by Gasteiger charge is 2.27. The smallest absolute Gasteiger partial charge is 0.227 e. The number of benzene rings is 2. The van der Waals surface area contributed by atoms with Crippen LogP contribution in [0.25, 0.3) is 5.69 Å². The van der Waals surface area contributed by atoms with Crippen LogP contribution >= 0.6 is 12.4 Å². The van der Waals surface area contributed by atoms with Crippen molar-refractivity contribution in [3.63, 3.8) is 0 Å². The summed E-state index contributed by atoms with van der Waals surface area (Å²) in [5.74, 6) is 0.154. The Balaban J connectivity index is 0.00000240. The van der Waals surface area contributed by atoms with Gasteiger partial charge in [-0.2, -0.15) is 0 Å². The van der Waals surface area contributed by atoms with E-state index in [1.165, 1.54) is 11.1 Å². The fourth-order valence-electron chi connectivity index (χ4n) is 3.60. The van der Waals surface area contributed by atoms with Crippen LogP contribution in [0, 0.1) is 0 Å². The van der Waals surface area contributed by atoms with Crippen LogP contribution < -0.4 is 5.32 Å². The zero-order valence-electron chi connectivity index (χ0n) is 16.4. The maximum absolute atomic E-state index is 13.0. The van der Waals surface area contributed by atoms with Gasteiger partial charge in [0.15, 0.2) is 0 Å². The van der Waals surface area contributed by atoms with Crippen LogP contribution in [0.4, 0.5) is 0 Å². The van der Waals surface area contributed by atoms with Crippen molar-refractivity contribution < 1.29 is 4.79 Å². The van der Waals surface area contributed by atoms with E-state index < -0.39 is 0 Å². The number of carbonyl (C=O) groups excluding carboxylic acids is 1. The predicted molar refractivity (Wildman–Crippen MR) is 113 cm³/mol. The number of piperazine rings is 1. The lowest BCUT2D eigenvalue weighted by Gasteiger charge is -2.36. The molecule has 3 aromatic rings. The SMILES string of the molecule is CCc1ccc(C2CNCCN2C(=O)Cc2ccc(-n3cnnn3)cc2)cc1.Cl. The van der Waals surface area contributed by atoms with E-state index in [4.69, 9.17) is 0 Å². The summed E-state index contributed by atoms with van der Waals surface area (Å²) >= 11 is 0. The molecule has 29 heavy (non-hydrogen) atoms. The summed E-state index contributed by atoms with van der Waals surface area (Å²) in [6, 6.07) is 16.5. The first-order valence-corrected chi connectivity index (χ1v) is 9.66. The molecule has 4 rings (SSSR count). The number of hydrogen-bond acceptors (Lipinski definition) is 5. The summed E-state index contributed by atoms with van der Waals surface area (Å²) in [5.41, 5.74) is 4.36. The number of rotatable bonds is 5. The molecule has 2 aromatic carbocycles. The number of nitrogens with one attached hydrogen (secondary N) is 1. The second-order valence-corrected chi connectivity index (χ2v) is 7.00. The number of hydrogen-bond donors (Lipinski definition) is 1. The predicted octanol–water partition coefficient (Wildman–Crippen LogP) is 2.36. The third-order valence-corrected chi connectivity index (χ3v) is 5.24. The third-order valence-electron chi connectivity index (χ3n) is 5.24. The van der Waals surface area contributed by atoms with Crippen molar-refractivity contribution in [2.24, 2.45) is 0 Å². The van der Waals surface area contributed by atoms with Crippen molar-refractivity contribution in [1.82, 2.24) is 30.4 Å². The van der Waals surface area contributed by atoms with Gasteiger partial charge in [-0.15, -0.1) is 17.5 Å². The molecule has 1 fully saturated rings. The van der Waals surface area contributed by atoms with Gasteiger partial charge in [-0.05, 0) is 45.7 Å². The zero-order valence-corrected chi connectivity index (χ0v) is 17.2. The van der Waals surface area contributed by atoms with Crippen molar-refractivity contribution in [3.05, 3.63) is 71.5 Å². The molecule has 1 N–H and O–H groups in total. The quantitative estimate of drug-likeness (QED) is 0.696. The van der Waals surface area contributed by atoms with Crippen LogP contribution in [-0.4, -0.2) is 50.6 Å². The Morgan fingerprint density at radius 2 is 1.83 bits per heavy atom. The van der Waals surface area contributed by atoms with Crippen molar-refractivity contribution in [2.45, 2.75) is 25.8 Å². The molecule has 1 aromatic heterocycles. The first-order chi connectivity index (χ1) is 13.7. The number of amides is 1. The average Bonchev–Trinajstić information content (AvgIpc) is 3.29. The highest BCUT2D eigenvalue weighted by Crippen LogP contribution is 2.24. The summed E-state index contributed by atoms with van der Waals surface area (Å²) in [5, 5.41) is 14.6. The van der Waals surface area contributed by atoms with Gasteiger partial charge < -0.3 is 10.2 Å². The Hall–Kier alpha value is -2.77. The van der Waals surface area contributed by atoms with Gasteiger partial charge in [0.2, 0.25) is 5.91 Å². The minimum Gasteiger partial charge on any atom is -0.333 e. The summed E-state index contributed by atoms with van der Waals surface area (Å²) in [4.78, 5) is 15.1. The first-order valence-electron chi connectivity index (χ1n) is 9.66. The van der Waals surface area contributed by atoms with E-state index in [2.05, 4.69) is 52.0 Å². The number of nitrogens with zero attached hydrogens (tertiary/aromatic N) is 5. The number of carbonyl (C=O) groups is 1. The van der Waals surface area contributed by atoms with E-state index >= 15 is 0 Å². The Morgan fingerprint density at radius 3 is 2.48 bits per heavy atom. The van der Waals surface area contributed by atoms with Gasteiger partial charge >= 0.3 is 0 Å². The summed E-state index contributed by atoms with van der Waals surface area (Å²) in [6.45, 7) is 4.49. The summed E-state index contributed by atoms with van der Waals surface area (Å²) in [7, 11) is 0. The van der Waals surface area contributed by atoms with Crippen LogP contribution in [0.5, 0.6) is 0 Å². The topological polar surface area (TPSA) is 75.9 Å². The molecule has 0 aliphatic carbocycles. The second kappa shape index (κ2) is 9.62. The highest BCUT2D eigenvalue weighted by atomic mass is 35.5. The highest BCUT2D eigenvalue weighted by molar-refractivity contribution is 5.85. The molecular formula is C21H25ClN6O. The Kier molecular flexibility index (Phi) is 6.95. The Bertz CT molecular complexity index is 911. The largest absolute Gasteiger partial charge is 0.333 e. The molecule has 152 valence electrons. The van der Waals surface area contributed by atoms with Crippen molar-refractivity contribution >= 4 is 18.3 Å². The molecule has 1 atom stereocenters. The lowest BCUT2D eigenvalue weighted by molar-refractivity contribution is -0.133. The van der Waals surface area contributed by atoms with Gasteiger partial charge in [-0.1, -0.05) is 43.3 Å². The van der Waals surface area contributed by atoms with Gasteiger partial charge in [0.25, 0.3) is 0 Å². The lowest BCUT2D eigenvalue weighted by Crippen LogP contribution is -2.49. The van der Waals surface area contributed by atoms with Gasteiger partial charge in [0, 0.05) is 19.6 Å². The van der Waals surface area contributed by atoms with Crippen LogP contribution in [0.15, 0.2) is 54.9 Å². The molecule has 0 spiro atoms. The molecule has 1 aliphatic heterocycles. The van der Waals surface area contributed by atoms with E-state index in [-0.39, 0.29) is 24.4 Å². The van der Waals surface area contributed by atoms with Gasteiger partial charge in [0.05, 0.1) is 18.2 Å². The number of aryl methyl sites for hydroxylation is 1. The van der Waals surface area contributed by atoms with Crippen LogP contribution in [0.3, 0.4) is 0 Å². The molecule has 1 saturated heterocycles. The molecule has 7 nitrogen and oxygen atoms in total. The van der Waals surface area contributed by atoms with Crippen LogP contribution in [0.2, 0.25) is 0 Å². The molecule has 8 heteroatoms. The second-order valence-electron chi connectivity index (χ2n) is 7.00. The maximum Gasteiger partial charge on any atom is 0.227 e. The first kappa shape index (κ1) is 21.0. The fourth-order valence-corrected chi connectivity index (χ4v) is 3.60. The lowest BCUT2D eigenvalue weighted by atomic mass is 10.00. The average molecular weight is 413 g/mol. The minimum atomic E-state index is 0. The van der Waals surface area contributed by atoms with Crippen molar-refractivity contribution in [2.75, 3.05) is 19.6 Å². The molecule has 1 amide bonds. The monoisotopic (exact) mass is 412 g/mol. The third kappa shape index (κ3) is 4.81. The molecule has 0 saturated carbocycles. The van der Waals surface area contributed by atoms with Gasteiger partial charge in [-0.3, -0.25) is 4.79 Å². The number of halogens is 1. The van der Waals surface area contributed by atoms with E-state index in [1.807, 2.05) is 29.2 Å². The van der Waals surface area contributed by atoms with Gasteiger partial charge in [0.1, 0.15) is 6.33 Å². The molecule has 0 radical (unpaired) electrons. The summed E-state index contributed by atoms with van der Waals surface area (Å²) in [6.07, 6.45) is 2.96. The van der Waals surface area contributed by atoms with Crippen molar-refractivity contribution in [1.29, 1.82) is 0 Å². The normalized spacial score (nSPS) is 16.3. The maximum atomic E-state index is 13.0. The fraction of sp³-hybridized carbons (Fsp3) is 0.333. The standard InChI is InChI=1S/C21H24N6O.ClH/c1-2-16-3-7-18(8-4-16)20-14-22-11-12-26(20)21(28)13-17-5-9-19(10-6-17)27-15-23-24-25-27;/h3-10,15,20,22H,2,11-14H2,1H3;1H. The van der Waals surface area contributed by atoms with Gasteiger partial charge in [-0.25, -0.2) is 4.68 Å². The molecule has 2 heterocycles. The van der Waals surface area contributed by atoms with Crippen LogP contribution in [-0.2, 0) is 17.6 Å². The molecule has 0 bridgehead atoms. The van der Waals surface area contributed by atoms with E-state index in [1.54, 1.807) is 11.0 Å². The van der Waals surface area contributed by atoms with Crippen molar-refractivity contribution in [3.8, 4) is 5.69 Å². The zero-order chi connectivity index (χ0) is 19.3. The minimum absolute atomic E-state index is 0. The number of aromatic nitrogens is 4. The van der Waals surface area contributed by atoms with E-state index in [0.29, 0.717) is 6.42 Å². The van der Waals surface area contributed by atoms with Crippen LogP contribution in [0.1, 0.15) is 29.7 Å². The molecule has 1 unspecified atom stereocenters. The Labute approximate surface area is 176 Å². The van der Waals surface area contributed by atoms with E-state index in [9.17, 15) is 4.79 Å². The van der Waals surface area contributed by atoms with E-state index in [0.717, 1.165) is 37.3 Å².